The molecule has 1 aromatic heterocycles. The Morgan fingerprint density at radius 1 is 0.932 bits per heavy atom. The van der Waals surface area contributed by atoms with E-state index in [2.05, 4.69) is 0 Å². The van der Waals surface area contributed by atoms with Gasteiger partial charge in [0.1, 0.15) is 24.7 Å². The van der Waals surface area contributed by atoms with Gasteiger partial charge in [0, 0.05) is 5.56 Å². The van der Waals surface area contributed by atoms with Crippen LogP contribution in [0.15, 0.2) is 60.2 Å². The third-order valence-electron chi connectivity index (χ3n) is 7.17. The Morgan fingerprint density at radius 3 is 2.50 bits per heavy atom. The van der Waals surface area contributed by atoms with Crippen LogP contribution in [-0.2, 0) is 9.59 Å². The number of aliphatic hydroxyl groups excluding tert-OH is 1. The van der Waals surface area contributed by atoms with Gasteiger partial charge in [0.15, 0.2) is 28.1 Å². The predicted octanol–water partition coefficient (Wildman–Crippen LogP) is 6.28. The van der Waals surface area contributed by atoms with E-state index in [0.29, 0.717) is 83.6 Å². The number of aliphatic hydroxyl groups is 1. The smallest absolute Gasteiger partial charge is 0.301 e. The molecule has 0 radical (unpaired) electrons. The Balaban J connectivity index is 1.52. The lowest BCUT2D eigenvalue weighted by molar-refractivity contribution is -0.132. The summed E-state index contributed by atoms with van der Waals surface area (Å²) < 4.78 is 29.6. The fourth-order valence-corrected chi connectivity index (χ4v) is 6.26. The standard InChI is InChI=1S/C33H32N2O8S/c1-4-13-41-23-11-7-19(16-25(23)40-6-3)29-28(30(36)20-8-12-24-26(17-20)43-15-14-42-24)31(37)32(38)35(29)33-34-22-10-9-21(39-5-2)18-27(22)44-33/h7-12,16-18,29,36H,4-6,13-15H2,1-3H3/b30-28+/t29-/m1/s1. The number of rotatable bonds is 10. The normalized spacial score (nSPS) is 17.2. The average Bonchev–Trinajstić information content (AvgIpc) is 3.57. The van der Waals surface area contributed by atoms with Crippen LogP contribution < -0.4 is 28.6 Å². The number of hydrogen-bond acceptors (Lipinski definition) is 10. The number of nitrogens with zero attached hydrogens (tertiary/aromatic N) is 2. The van der Waals surface area contributed by atoms with E-state index in [-0.39, 0.29) is 11.3 Å². The fraction of sp³-hybridized carbons (Fsp3) is 0.303. The van der Waals surface area contributed by atoms with Gasteiger partial charge in [0.25, 0.3) is 5.78 Å². The Morgan fingerprint density at radius 2 is 1.73 bits per heavy atom. The van der Waals surface area contributed by atoms with Crippen molar-refractivity contribution in [3.8, 4) is 28.7 Å². The van der Waals surface area contributed by atoms with Crippen molar-refractivity contribution in [1.29, 1.82) is 0 Å². The Kier molecular flexibility index (Phi) is 8.30. The minimum Gasteiger partial charge on any atom is -0.507 e. The Labute approximate surface area is 258 Å². The van der Waals surface area contributed by atoms with Gasteiger partial charge in [-0.05, 0) is 74.4 Å². The highest BCUT2D eigenvalue weighted by molar-refractivity contribution is 7.22. The van der Waals surface area contributed by atoms with Crippen LogP contribution in [0.5, 0.6) is 28.7 Å². The molecule has 0 aliphatic carbocycles. The van der Waals surface area contributed by atoms with Crippen LogP contribution in [0.3, 0.4) is 0 Å². The average molecular weight is 617 g/mol. The van der Waals surface area contributed by atoms with E-state index in [4.69, 9.17) is 28.7 Å². The Bertz CT molecular complexity index is 1760. The third kappa shape index (κ3) is 5.39. The maximum Gasteiger partial charge on any atom is 0.301 e. The third-order valence-corrected chi connectivity index (χ3v) is 8.19. The highest BCUT2D eigenvalue weighted by Gasteiger charge is 2.48. The number of carbonyl (C=O) groups is 2. The largest absolute Gasteiger partial charge is 0.507 e. The number of carbonyl (C=O) groups excluding carboxylic acids is 2. The maximum atomic E-state index is 13.8. The van der Waals surface area contributed by atoms with Crippen LogP contribution in [0, 0.1) is 0 Å². The molecular weight excluding hydrogens is 584 g/mol. The first kappa shape index (κ1) is 29.3. The number of fused-ring (bicyclic) bond motifs is 2. The summed E-state index contributed by atoms with van der Waals surface area (Å²) in [5.74, 6) is 0.698. The molecule has 0 spiro atoms. The highest BCUT2D eigenvalue weighted by Crippen LogP contribution is 2.46. The topological polar surface area (TPSA) is 117 Å². The molecule has 1 fully saturated rings. The molecule has 228 valence electrons. The number of hydrogen-bond donors (Lipinski definition) is 1. The first-order chi connectivity index (χ1) is 21.4. The number of ether oxygens (including phenoxy) is 5. The van der Waals surface area contributed by atoms with Crippen molar-refractivity contribution >= 4 is 44.1 Å². The quantitative estimate of drug-likeness (QED) is 0.125. The summed E-state index contributed by atoms with van der Waals surface area (Å²) in [4.78, 5) is 33.7. The van der Waals surface area contributed by atoms with Crippen molar-refractivity contribution in [2.24, 2.45) is 0 Å². The second kappa shape index (κ2) is 12.5. The van der Waals surface area contributed by atoms with Crippen LogP contribution >= 0.6 is 11.3 Å². The van der Waals surface area contributed by atoms with E-state index >= 15 is 0 Å². The van der Waals surface area contributed by atoms with E-state index in [1.54, 1.807) is 36.4 Å². The number of amides is 1. The van der Waals surface area contributed by atoms with Crippen LogP contribution in [-0.4, -0.2) is 54.8 Å². The molecule has 1 amide bonds. The summed E-state index contributed by atoms with van der Waals surface area (Å²) in [6, 6.07) is 14.7. The van der Waals surface area contributed by atoms with E-state index in [0.717, 1.165) is 11.1 Å². The van der Waals surface area contributed by atoms with Gasteiger partial charge in [0.05, 0.1) is 41.7 Å². The summed E-state index contributed by atoms with van der Waals surface area (Å²) in [6.07, 6.45) is 0.811. The number of anilines is 1. The lowest BCUT2D eigenvalue weighted by atomic mass is 9.95. The lowest BCUT2D eigenvalue weighted by Crippen LogP contribution is -2.29. The number of ketones is 1. The van der Waals surface area contributed by atoms with Crippen LogP contribution in [0.4, 0.5) is 5.13 Å². The molecule has 1 saturated heterocycles. The molecule has 44 heavy (non-hydrogen) atoms. The number of aromatic nitrogens is 1. The van der Waals surface area contributed by atoms with Gasteiger partial charge >= 0.3 is 5.91 Å². The lowest BCUT2D eigenvalue weighted by Gasteiger charge is -2.24. The molecule has 4 aromatic rings. The van der Waals surface area contributed by atoms with Gasteiger partial charge in [-0.2, -0.15) is 0 Å². The molecule has 10 nitrogen and oxygen atoms in total. The number of thiazole rings is 1. The van der Waals surface area contributed by atoms with Crippen molar-refractivity contribution in [1.82, 2.24) is 4.98 Å². The van der Waals surface area contributed by atoms with E-state index in [1.165, 1.54) is 16.2 Å². The van der Waals surface area contributed by atoms with Crippen molar-refractivity contribution in [3.63, 3.8) is 0 Å². The fourth-order valence-electron chi connectivity index (χ4n) is 5.24. The Hall–Kier alpha value is -4.77. The molecule has 0 saturated carbocycles. The molecule has 0 bridgehead atoms. The number of benzene rings is 3. The van der Waals surface area contributed by atoms with Crippen molar-refractivity contribution in [3.05, 3.63) is 71.3 Å². The molecule has 1 N–H and O–H groups in total. The monoisotopic (exact) mass is 616 g/mol. The van der Waals surface area contributed by atoms with Gasteiger partial charge < -0.3 is 28.8 Å². The maximum absolute atomic E-state index is 13.8. The van der Waals surface area contributed by atoms with Gasteiger partial charge in [-0.3, -0.25) is 14.5 Å². The van der Waals surface area contributed by atoms with Crippen LogP contribution in [0.25, 0.3) is 16.0 Å². The molecule has 2 aliphatic rings. The molecule has 0 unspecified atom stereocenters. The van der Waals surface area contributed by atoms with E-state index in [1.807, 2.05) is 39.0 Å². The van der Waals surface area contributed by atoms with E-state index < -0.39 is 17.7 Å². The SMILES string of the molecule is CCCOc1ccc([C@@H]2/C(=C(\O)c3ccc4c(c3)OCCO4)C(=O)C(=O)N2c2nc3ccc(OCC)cc3s2)cc1OCC. The minimum atomic E-state index is -1.01. The van der Waals surface area contributed by atoms with Crippen LogP contribution in [0.2, 0.25) is 0 Å². The van der Waals surface area contributed by atoms with Crippen LogP contribution in [0.1, 0.15) is 44.4 Å². The molecule has 3 heterocycles. The molecule has 2 aliphatic heterocycles. The molecule has 3 aromatic carbocycles. The van der Waals surface area contributed by atoms with Gasteiger partial charge in [-0.15, -0.1) is 0 Å². The summed E-state index contributed by atoms with van der Waals surface area (Å²) in [7, 11) is 0. The van der Waals surface area contributed by atoms with Crippen molar-refractivity contribution in [2.75, 3.05) is 37.9 Å². The first-order valence-electron chi connectivity index (χ1n) is 14.6. The summed E-state index contributed by atoms with van der Waals surface area (Å²) in [5, 5.41) is 12.0. The van der Waals surface area contributed by atoms with E-state index in [9.17, 15) is 14.7 Å². The first-order valence-corrected chi connectivity index (χ1v) is 15.4. The zero-order valence-corrected chi connectivity index (χ0v) is 25.4. The minimum absolute atomic E-state index is 0.0781. The van der Waals surface area contributed by atoms with Gasteiger partial charge in [-0.1, -0.05) is 24.3 Å². The zero-order valence-electron chi connectivity index (χ0n) is 24.6. The van der Waals surface area contributed by atoms with Crippen molar-refractivity contribution < 1.29 is 38.4 Å². The highest BCUT2D eigenvalue weighted by atomic mass is 32.1. The molecule has 11 heteroatoms. The molecule has 1 atom stereocenters. The second-order valence-electron chi connectivity index (χ2n) is 10.1. The van der Waals surface area contributed by atoms with Gasteiger partial charge in [-0.25, -0.2) is 4.98 Å². The zero-order chi connectivity index (χ0) is 30.8. The predicted molar refractivity (Wildman–Crippen MR) is 166 cm³/mol. The summed E-state index contributed by atoms with van der Waals surface area (Å²) in [6.45, 7) is 7.93. The molecular formula is C33H32N2O8S. The second-order valence-corrected chi connectivity index (χ2v) is 11.1. The van der Waals surface area contributed by atoms with Crippen molar-refractivity contribution in [2.45, 2.75) is 33.2 Å². The van der Waals surface area contributed by atoms with Gasteiger partial charge in [0.2, 0.25) is 0 Å². The molecule has 6 rings (SSSR count). The summed E-state index contributed by atoms with van der Waals surface area (Å²) in [5.41, 5.74) is 1.44. The number of Topliss-reactive ketones (excluding diaryl/α,β-unsaturated/α-hetero) is 1. The summed E-state index contributed by atoms with van der Waals surface area (Å²) >= 11 is 1.26.